The van der Waals surface area contributed by atoms with Crippen LogP contribution in [-0.2, 0) is 18.3 Å². The number of hydrogen-bond donors (Lipinski definition) is 1. The fourth-order valence-corrected chi connectivity index (χ4v) is 7.24. The Bertz CT molecular complexity index is 870. The maximum Gasteiger partial charge on any atom is 0.0634 e. The molecule has 0 aromatic heterocycles. The van der Waals surface area contributed by atoms with Crippen molar-refractivity contribution in [1.82, 2.24) is 4.90 Å². The Labute approximate surface area is 175 Å². The van der Waals surface area contributed by atoms with Crippen molar-refractivity contribution < 1.29 is 5.11 Å². The minimum atomic E-state index is -0.614. The molecule has 5 unspecified atom stereocenters. The maximum atomic E-state index is 11.1. The molecule has 2 aromatic rings. The number of fused-ring (bicyclic) bond motifs is 2. The van der Waals surface area contributed by atoms with Crippen molar-refractivity contribution in [2.24, 2.45) is 11.8 Å². The first-order valence-electron chi connectivity index (χ1n) is 11.5. The number of nitrogens with zero attached hydrogens (tertiary/aromatic N) is 1. The summed E-state index contributed by atoms with van der Waals surface area (Å²) in [6.07, 6.45) is 5.85. The summed E-state index contributed by atoms with van der Waals surface area (Å²) in [7, 11) is 0. The second-order valence-electron chi connectivity index (χ2n) is 10.3. The third-order valence-corrected chi connectivity index (χ3v) is 8.59. The van der Waals surface area contributed by atoms with E-state index >= 15 is 0 Å². The van der Waals surface area contributed by atoms with Gasteiger partial charge in [-0.05, 0) is 68.6 Å². The predicted octanol–water partition coefficient (Wildman–Crippen LogP) is 4.98. The lowest BCUT2D eigenvalue weighted by Gasteiger charge is -2.67. The van der Waals surface area contributed by atoms with Crippen LogP contribution >= 0.6 is 0 Å². The van der Waals surface area contributed by atoms with Crippen LogP contribution in [0.5, 0.6) is 0 Å². The number of aliphatic hydroxyl groups is 1. The van der Waals surface area contributed by atoms with Crippen LogP contribution in [0.4, 0.5) is 0 Å². The summed E-state index contributed by atoms with van der Waals surface area (Å²) in [4.78, 5) is 2.81. The second kappa shape index (κ2) is 6.96. The molecule has 3 fully saturated rings. The summed E-state index contributed by atoms with van der Waals surface area (Å²) in [5, 5.41) is 11.1. The average molecular weight is 390 g/mol. The van der Waals surface area contributed by atoms with Crippen LogP contribution in [-0.4, -0.2) is 34.2 Å². The van der Waals surface area contributed by atoms with Gasteiger partial charge in [0.05, 0.1) is 5.60 Å². The van der Waals surface area contributed by atoms with Crippen molar-refractivity contribution in [1.29, 1.82) is 0 Å². The lowest BCUT2D eigenvalue weighted by molar-refractivity contribution is -0.156. The fourth-order valence-electron chi connectivity index (χ4n) is 7.24. The van der Waals surface area contributed by atoms with Crippen LogP contribution < -0.4 is 0 Å². The molecule has 4 bridgehead atoms. The molecule has 1 saturated carbocycles. The SMILES string of the molecule is CCC12CC3C(C(C)(C)O)CC1C(Cc1ccccc12)N3CCc1ccccc1. The van der Waals surface area contributed by atoms with Gasteiger partial charge < -0.3 is 5.11 Å². The zero-order chi connectivity index (χ0) is 20.2. The molecule has 2 aliphatic heterocycles. The summed E-state index contributed by atoms with van der Waals surface area (Å²) in [5.74, 6) is 1.02. The maximum absolute atomic E-state index is 11.1. The molecule has 2 aromatic carbocycles. The quantitative estimate of drug-likeness (QED) is 0.779. The highest BCUT2D eigenvalue weighted by atomic mass is 16.3. The Kier molecular flexibility index (Phi) is 4.64. The van der Waals surface area contributed by atoms with Crippen molar-refractivity contribution in [3.05, 3.63) is 71.3 Å². The molecule has 29 heavy (non-hydrogen) atoms. The van der Waals surface area contributed by atoms with E-state index in [1.165, 1.54) is 31.2 Å². The van der Waals surface area contributed by atoms with Crippen LogP contribution in [0.3, 0.4) is 0 Å². The van der Waals surface area contributed by atoms with Crippen LogP contribution in [0.25, 0.3) is 0 Å². The van der Waals surface area contributed by atoms with E-state index < -0.39 is 5.60 Å². The molecule has 2 heterocycles. The standard InChI is InChI=1S/C27H35NO/c1-4-27-18-25-22(26(2,3)29)17-23(27)24(16-20-12-8-9-13-21(20)27)28(25)15-14-19-10-6-5-7-11-19/h5-13,22-25,29H,4,14-18H2,1-3H3. The van der Waals surface area contributed by atoms with Crippen molar-refractivity contribution >= 4 is 0 Å². The van der Waals surface area contributed by atoms with Gasteiger partial charge in [-0.3, -0.25) is 4.90 Å². The van der Waals surface area contributed by atoms with Gasteiger partial charge in [-0.15, -0.1) is 0 Å². The Hall–Kier alpha value is -1.64. The lowest BCUT2D eigenvalue weighted by Crippen LogP contribution is -2.71. The van der Waals surface area contributed by atoms with Crippen molar-refractivity contribution in [3.63, 3.8) is 0 Å². The van der Waals surface area contributed by atoms with Gasteiger partial charge in [-0.1, -0.05) is 61.5 Å². The summed E-state index contributed by atoms with van der Waals surface area (Å²) in [6.45, 7) is 7.57. The largest absolute Gasteiger partial charge is 0.390 e. The van der Waals surface area contributed by atoms with Crippen LogP contribution in [0.2, 0.25) is 0 Å². The Morgan fingerprint density at radius 2 is 1.76 bits per heavy atom. The highest BCUT2D eigenvalue weighted by Gasteiger charge is 2.62. The van der Waals surface area contributed by atoms with Gasteiger partial charge >= 0.3 is 0 Å². The molecule has 0 spiro atoms. The normalized spacial score (nSPS) is 33.5. The molecule has 2 aliphatic carbocycles. The van der Waals surface area contributed by atoms with Gasteiger partial charge in [0, 0.05) is 30.0 Å². The molecule has 0 radical (unpaired) electrons. The first-order chi connectivity index (χ1) is 13.9. The molecule has 1 N–H and O–H groups in total. The molecular weight excluding hydrogens is 354 g/mol. The third-order valence-electron chi connectivity index (χ3n) is 8.59. The van der Waals surface area contributed by atoms with E-state index in [-0.39, 0.29) is 0 Å². The summed E-state index contributed by atoms with van der Waals surface area (Å²) in [5.41, 5.74) is 4.30. The Balaban J connectivity index is 1.53. The molecule has 2 saturated heterocycles. The van der Waals surface area contributed by atoms with Gasteiger partial charge in [0.1, 0.15) is 0 Å². The Morgan fingerprint density at radius 1 is 1.03 bits per heavy atom. The van der Waals surface area contributed by atoms with E-state index in [2.05, 4.69) is 66.4 Å². The van der Waals surface area contributed by atoms with E-state index in [1.54, 1.807) is 11.1 Å². The molecule has 154 valence electrons. The highest BCUT2D eigenvalue weighted by molar-refractivity contribution is 5.42. The monoisotopic (exact) mass is 389 g/mol. The van der Waals surface area contributed by atoms with E-state index in [0.717, 1.165) is 13.0 Å². The van der Waals surface area contributed by atoms with Crippen LogP contribution in [0.15, 0.2) is 54.6 Å². The topological polar surface area (TPSA) is 23.5 Å². The predicted molar refractivity (Wildman–Crippen MR) is 119 cm³/mol. The van der Waals surface area contributed by atoms with E-state index in [0.29, 0.717) is 29.3 Å². The van der Waals surface area contributed by atoms with Crippen LogP contribution in [0.1, 0.15) is 56.7 Å². The fraction of sp³-hybridized carbons (Fsp3) is 0.556. The van der Waals surface area contributed by atoms with E-state index in [1.807, 2.05) is 13.8 Å². The molecule has 6 rings (SSSR count). The smallest absolute Gasteiger partial charge is 0.0634 e. The Morgan fingerprint density at radius 3 is 2.48 bits per heavy atom. The molecule has 4 aliphatic rings. The number of piperidine rings is 2. The minimum Gasteiger partial charge on any atom is -0.390 e. The third kappa shape index (κ3) is 2.99. The van der Waals surface area contributed by atoms with Crippen molar-refractivity contribution in [3.8, 4) is 0 Å². The van der Waals surface area contributed by atoms with Gasteiger partial charge in [-0.25, -0.2) is 0 Å². The summed E-state index contributed by atoms with van der Waals surface area (Å²) in [6, 6.07) is 21.2. The molecule has 0 amide bonds. The van der Waals surface area contributed by atoms with Gasteiger partial charge in [0.15, 0.2) is 0 Å². The lowest BCUT2D eigenvalue weighted by atomic mass is 9.47. The number of rotatable bonds is 5. The first kappa shape index (κ1) is 19.3. The summed E-state index contributed by atoms with van der Waals surface area (Å²) < 4.78 is 0. The average Bonchev–Trinajstić information content (AvgIpc) is 2.73. The highest BCUT2D eigenvalue weighted by Crippen LogP contribution is 2.61. The van der Waals surface area contributed by atoms with Crippen molar-refractivity contribution in [2.75, 3.05) is 6.54 Å². The van der Waals surface area contributed by atoms with E-state index in [4.69, 9.17) is 0 Å². The van der Waals surface area contributed by atoms with E-state index in [9.17, 15) is 5.11 Å². The van der Waals surface area contributed by atoms with Gasteiger partial charge in [0.2, 0.25) is 0 Å². The van der Waals surface area contributed by atoms with Crippen LogP contribution in [0, 0.1) is 11.8 Å². The molecular formula is C27H35NO. The van der Waals surface area contributed by atoms with Gasteiger partial charge in [-0.2, -0.15) is 0 Å². The first-order valence-corrected chi connectivity index (χ1v) is 11.5. The zero-order valence-electron chi connectivity index (χ0n) is 18.1. The second-order valence-corrected chi connectivity index (χ2v) is 10.3. The zero-order valence-corrected chi connectivity index (χ0v) is 18.1. The number of hydrogen-bond acceptors (Lipinski definition) is 2. The number of benzene rings is 2. The molecule has 2 heteroatoms. The van der Waals surface area contributed by atoms with Gasteiger partial charge in [0.25, 0.3) is 0 Å². The minimum absolute atomic E-state index is 0.301. The van der Waals surface area contributed by atoms with Crippen molar-refractivity contribution in [2.45, 2.75) is 76.0 Å². The summed E-state index contributed by atoms with van der Waals surface area (Å²) >= 11 is 0. The molecule has 2 nitrogen and oxygen atoms in total. The molecule has 5 atom stereocenters.